The summed E-state index contributed by atoms with van der Waals surface area (Å²) in [5.41, 5.74) is 0.937. The molecule has 9 nitrogen and oxygen atoms in total. The van der Waals surface area contributed by atoms with Gasteiger partial charge in [-0.15, -0.1) is 0 Å². The van der Waals surface area contributed by atoms with E-state index < -0.39 is 17.7 Å². The van der Waals surface area contributed by atoms with E-state index in [1.165, 1.54) is 19.1 Å². The van der Waals surface area contributed by atoms with E-state index >= 15 is 0 Å². The Morgan fingerprint density at radius 1 is 1.00 bits per heavy atom. The Bertz CT molecular complexity index is 1230. The number of likely N-dealkylation sites (tertiary alicyclic amines) is 1. The zero-order valence-corrected chi connectivity index (χ0v) is 19.8. The quantitative estimate of drug-likeness (QED) is 0.286. The first-order valence-corrected chi connectivity index (χ1v) is 11.1. The number of aliphatic hydroxyl groups excluding tert-OH is 1. The van der Waals surface area contributed by atoms with E-state index in [2.05, 4.69) is 4.98 Å². The Hall–Kier alpha value is -4.27. The van der Waals surface area contributed by atoms with Crippen LogP contribution in [0, 0.1) is 0 Å². The smallest absolute Gasteiger partial charge is 0.295 e. The number of ether oxygens (including phenoxy) is 3. The first kappa shape index (κ1) is 23.9. The van der Waals surface area contributed by atoms with Gasteiger partial charge in [-0.05, 0) is 36.8 Å². The second kappa shape index (κ2) is 10.3. The number of aryl methyl sites for hydroxylation is 1. The molecule has 2 heterocycles. The number of carbonyl (C=O) groups excluding carboxylic acids is 2. The normalized spacial score (nSPS) is 17.0. The SMILES string of the molecule is COc1ccc(/C(O)=C2\C(=O)C(=O)N(CCCn3ccnc3)C2c2cccc(OC)c2OC)cc1. The van der Waals surface area contributed by atoms with E-state index in [-0.39, 0.29) is 17.9 Å². The monoisotopic (exact) mass is 477 g/mol. The van der Waals surface area contributed by atoms with Crippen LogP contribution in [-0.4, -0.2) is 59.1 Å². The Labute approximate surface area is 203 Å². The highest BCUT2D eigenvalue weighted by molar-refractivity contribution is 6.46. The van der Waals surface area contributed by atoms with Gasteiger partial charge in [-0.3, -0.25) is 9.59 Å². The summed E-state index contributed by atoms with van der Waals surface area (Å²) in [7, 11) is 4.55. The third kappa shape index (κ3) is 4.57. The van der Waals surface area contributed by atoms with Crippen molar-refractivity contribution in [3.63, 3.8) is 0 Å². The molecule has 1 aliphatic heterocycles. The predicted octanol–water partition coefficient (Wildman–Crippen LogP) is 3.42. The molecule has 0 spiro atoms. The third-order valence-electron chi connectivity index (χ3n) is 6.01. The molecule has 1 amide bonds. The zero-order chi connectivity index (χ0) is 24.9. The molecule has 0 radical (unpaired) electrons. The minimum atomic E-state index is -0.857. The van der Waals surface area contributed by atoms with Gasteiger partial charge in [0.2, 0.25) is 0 Å². The van der Waals surface area contributed by atoms with Gasteiger partial charge in [0, 0.05) is 36.6 Å². The van der Waals surface area contributed by atoms with E-state index in [9.17, 15) is 14.7 Å². The van der Waals surface area contributed by atoms with Crippen molar-refractivity contribution >= 4 is 17.4 Å². The van der Waals surface area contributed by atoms with E-state index in [0.29, 0.717) is 41.3 Å². The topological polar surface area (TPSA) is 103 Å². The molecule has 1 fully saturated rings. The van der Waals surface area contributed by atoms with Gasteiger partial charge in [0.05, 0.1) is 39.3 Å². The highest BCUT2D eigenvalue weighted by Gasteiger charge is 2.47. The number of aromatic nitrogens is 2. The minimum absolute atomic E-state index is 0.00523. The first-order chi connectivity index (χ1) is 17.0. The molecule has 1 saturated heterocycles. The van der Waals surface area contributed by atoms with Crippen molar-refractivity contribution < 1.29 is 28.9 Å². The fraction of sp³-hybridized carbons (Fsp3) is 0.269. The maximum Gasteiger partial charge on any atom is 0.295 e. The van der Waals surface area contributed by atoms with Crippen LogP contribution in [0.5, 0.6) is 17.2 Å². The highest BCUT2D eigenvalue weighted by atomic mass is 16.5. The van der Waals surface area contributed by atoms with Crippen LogP contribution < -0.4 is 14.2 Å². The first-order valence-electron chi connectivity index (χ1n) is 11.1. The van der Waals surface area contributed by atoms with Crippen molar-refractivity contribution in [1.29, 1.82) is 0 Å². The molecule has 9 heteroatoms. The fourth-order valence-electron chi connectivity index (χ4n) is 4.31. The molecule has 1 aromatic heterocycles. The maximum absolute atomic E-state index is 13.3. The third-order valence-corrected chi connectivity index (χ3v) is 6.01. The number of hydrogen-bond acceptors (Lipinski definition) is 7. The Morgan fingerprint density at radius 3 is 2.40 bits per heavy atom. The molecule has 1 unspecified atom stereocenters. The van der Waals surface area contributed by atoms with Crippen LogP contribution in [-0.2, 0) is 16.1 Å². The van der Waals surface area contributed by atoms with Gasteiger partial charge in [0.1, 0.15) is 11.5 Å². The van der Waals surface area contributed by atoms with Gasteiger partial charge in [-0.25, -0.2) is 4.98 Å². The number of rotatable bonds is 9. The Balaban J connectivity index is 1.80. The van der Waals surface area contributed by atoms with Crippen molar-refractivity contribution in [1.82, 2.24) is 14.5 Å². The molecule has 2 aromatic carbocycles. The zero-order valence-electron chi connectivity index (χ0n) is 19.8. The number of Topliss-reactive ketones (excluding diaryl/α,β-unsaturated/α-hetero) is 1. The Kier molecular flexibility index (Phi) is 7.05. The summed E-state index contributed by atoms with van der Waals surface area (Å²) in [5, 5.41) is 11.2. The van der Waals surface area contributed by atoms with Gasteiger partial charge in [0.15, 0.2) is 11.5 Å². The average Bonchev–Trinajstić information content (AvgIpc) is 3.50. The summed E-state index contributed by atoms with van der Waals surface area (Å²) in [6, 6.07) is 11.0. The number of ketones is 1. The number of benzene rings is 2. The van der Waals surface area contributed by atoms with Gasteiger partial charge < -0.3 is 28.8 Å². The van der Waals surface area contributed by atoms with Crippen LogP contribution in [0.25, 0.3) is 5.76 Å². The number of amides is 1. The standard InChI is InChI=1S/C26H27N3O6/c1-33-18-10-8-17(9-11-18)23(30)21-22(19-6-4-7-20(34-2)25(19)35-3)29(26(32)24(21)31)14-5-13-28-15-12-27-16-28/h4,6-12,15-16,22,30H,5,13-14H2,1-3H3/b23-21+. The molecule has 1 atom stereocenters. The summed E-state index contributed by atoms with van der Waals surface area (Å²) in [5.74, 6) is -0.248. The lowest BCUT2D eigenvalue weighted by atomic mass is 9.94. The lowest BCUT2D eigenvalue weighted by Crippen LogP contribution is -2.31. The molecule has 0 aliphatic carbocycles. The molecule has 3 aromatic rings. The lowest BCUT2D eigenvalue weighted by molar-refractivity contribution is -0.140. The van der Waals surface area contributed by atoms with Gasteiger partial charge >= 0.3 is 0 Å². The van der Waals surface area contributed by atoms with Gasteiger partial charge in [-0.2, -0.15) is 0 Å². The summed E-state index contributed by atoms with van der Waals surface area (Å²) >= 11 is 0. The summed E-state index contributed by atoms with van der Waals surface area (Å²) < 4.78 is 18.1. The van der Waals surface area contributed by atoms with Gasteiger partial charge in [-0.1, -0.05) is 12.1 Å². The van der Waals surface area contributed by atoms with Crippen molar-refractivity contribution in [2.45, 2.75) is 19.0 Å². The molecular formula is C26H27N3O6. The number of hydrogen-bond donors (Lipinski definition) is 1. The molecule has 1 N–H and O–H groups in total. The summed E-state index contributed by atoms with van der Waals surface area (Å²) in [4.78, 5) is 32.0. The molecule has 0 saturated carbocycles. The second-order valence-electron chi connectivity index (χ2n) is 7.96. The summed E-state index contributed by atoms with van der Waals surface area (Å²) in [6.45, 7) is 0.899. The van der Waals surface area contributed by atoms with Crippen molar-refractivity contribution in [2.24, 2.45) is 0 Å². The van der Waals surface area contributed by atoms with Crippen LogP contribution in [0.2, 0.25) is 0 Å². The molecular weight excluding hydrogens is 450 g/mol. The fourth-order valence-corrected chi connectivity index (χ4v) is 4.31. The molecule has 35 heavy (non-hydrogen) atoms. The van der Waals surface area contributed by atoms with Gasteiger partial charge in [0.25, 0.3) is 11.7 Å². The maximum atomic E-state index is 13.3. The van der Waals surface area contributed by atoms with Crippen molar-refractivity contribution in [2.75, 3.05) is 27.9 Å². The van der Waals surface area contributed by atoms with Crippen LogP contribution in [0.4, 0.5) is 0 Å². The van der Waals surface area contributed by atoms with E-state index in [1.807, 2.05) is 10.8 Å². The van der Waals surface area contributed by atoms with Crippen LogP contribution in [0.1, 0.15) is 23.6 Å². The molecule has 0 bridgehead atoms. The van der Waals surface area contributed by atoms with E-state index in [0.717, 1.165) is 0 Å². The van der Waals surface area contributed by atoms with Crippen molar-refractivity contribution in [3.8, 4) is 17.2 Å². The molecule has 4 rings (SSSR count). The Morgan fingerprint density at radius 2 is 1.77 bits per heavy atom. The number of para-hydroxylation sites is 1. The highest BCUT2D eigenvalue weighted by Crippen LogP contribution is 2.45. The number of nitrogens with zero attached hydrogens (tertiary/aromatic N) is 3. The number of aliphatic hydroxyl groups is 1. The number of imidazole rings is 1. The molecule has 1 aliphatic rings. The number of methoxy groups -OCH3 is 3. The molecule has 182 valence electrons. The summed E-state index contributed by atoms with van der Waals surface area (Å²) in [6.07, 6.45) is 5.79. The van der Waals surface area contributed by atoms with Crippen LogP contribution in [0.3, 0.4) is 0 Å². The van der Waals surface area contributed by atoms with Crippen molar-refractivity contribution in [3.05, 3.63) is 77.9 Å². The number of carbonyl (C=O) groups is 2. The van der Waals surface area contributed by atoms with Crippen LogP contribution >= 0.6 is 0 Å². The predicted molar refractivity (Wildman–Crippen MR) is 128 cm³/mol. The van der Waals surface area contributed by atoms with Crippen LogP contribution in [0.15, 0.2) is 66.8 Å². The minimum Gasteiger partial charge on any atom is -0.507 e. The average molecular weight is 478 g/mol. The largest absolute Gasteiger partial charge is 0.507 e. The van der Waals surface area contributed by atoms with E-state index in [4.69, 9.17) is 14.2 Å². The second-order valence-corrected chi connectivity index (χ2v) is 7.96. The van der Waals surface area contributed by atoms with E-state index in [1.54, 1.807) is 62.1 Å². The lowest BCUT2D eigenvalue weighted by Gasteiger charge is -2.27.